The first-order valence-electron chi connectivity index (χ1n) is 9.22. The van der Waals surface area contributed by atoms with Gasteiger partial charge in [-0.15, -0.1) is 0 Å². The summed E-state index contributed by atoms with van der Waals surface area (Å²) < 4.78 is 0. The minimum Gasteiger partial charge on any atom is -0.374 e. The molecule has 0 saturated carbocycles. The SMILES string of the molecule is C/C=C\C.C/C=C\CCCc1ccccc1N(C)CC(C)CNC. The van der Waals surface area contributed by atoms with Crippen molar-refractivity contribution in [2.24, 2.45) is 5.92 Å². The summed E-state index contributed by atoms with van der Waals surface area (Å²) in [5.74, 6) is 0.654. The van der Waals surface area contributed by atoms with Crippen molar-refractivity contribution in [3.05, 3.63) is 54.1 Å². The van der Waals surface area contributed by atoms with Crippen molar-refractivity contribution in [1.82, 2.24) is 5.32 Å². The third-order valence-electron chi connectivity index (χ3n) is 3.93. The van der Waals surface area contributed by atoms with Gasteiger partial charge in [-0.1, -0.05) is 49.4 Å². The van der Waals surface area contributed by atoms with Gasteiger partial charge in [-0.05, 0) is 71.2 Å². The fourth-order valence-electron chi connectivity index (χ4n) is 2.65. The standard InChI is InChI=1S/C18H30N2.C4H8/c1-5-6-7-8-11-17-12-9-10-13-18(17)20(4)15-16(2)14-19-3;1-3-4-2/h5-6,9-10,12-13,16,19H,7-8,11,14-15H2,1-4H3;3-4H,1-2H3/b6-5-;4-3-. The zero-order valence-electron chi connectivity index (χ0n) is 16.7. The molecular formula is C22H38N2. The molecule has 1 aromatic carbocycles. The summed E-state index contributed by atoms with van der Waals surface area (Å²) in [4.78, 5) is 2.40. The third kappa shape index (κ3) is 10.3. The third-order valence-corrected chi connectivity index (χ3v) is 3.93. The molecule has 24 heavy (non-hydrogen) atoms. The second-order valence-corrected chi connectivity index (χ2v) is 6.30. The lowest BCUT2D eigenvalue weighted by Gasteiger charge is -2.25. The molecule has 0 saturated heterocycles. The molecule has 0 radical (unpaired) electrons. The van der Waals surface area contributed by atoms with Crippen LogP contribution in [0.5, 0.6) is 0 Å². The number of nitrogens with one attached hydrogen (secondary N) is 1. The molecule has 0 spiro atoms. The Morgan fingerprint density at radius 2 is 1.75 bits per heavy atom. The molecule has 1 rings (SSSR count). The van der Waals surface area contributed by atoms with E-state index in [-0.39, 0.29) is 0 Å². The van der Waals surface area contributed by atoms with Gasteiger partial charge in [-0.25, -0.2) is 0 Å². The van der Waals surface area contributed by atoms with Crippen molar-refractivity contribution in [3.63, 3.8) is 0 Å². The van der Waals surface area contributed by atoms with Crippen LogP contribution in [0, 0.1) is 5.92 Å². The van der Waals surface area contributed by atoms with Gasteiger partial charge in [0.2, 0.25) is 0 Å². The highest BCUT2D eigenvalue weighted by Crippen LogP contribution is 2.22. The molecule has 1 atom stereocenters. The first-order chi connectivity index (χ1) is 11.6. The van der Waals surface area contributed by atoms with Crippen molar-refractivity contribution in [2.45, 2.75) is 47.0 Å². The molecule has 1 unspecified atom stereocenters. The van der Waals surface area contributed by atoms with Crippen LogP contribution in [0.3, 0.4) is 0 Å². The number of aryl methyl sites for hydroxylation is 1. The lowest BCUT2D eigenvalue weighted by Crippen LogP contribution is -2.30. The number of allylic oxidation sites excluding steroid dienone is 4. The van der Waals surface area contributed by atoms with Crippen LogP contribution in [0.4, 0.5) is 5.69 Å². The highest BCUT2D eigenvalue weighted by atomic mass is 15.1. The maximum absolute atomic E-state index is 3.25. The molecule has 2 heteroatoms. The molecule has 0 aliphatic heterocycles. The quantitative estimate of drug-likeness (QED) is 0.478. The predicted octanol–water partition coefficient (Wildman–Crippen LogP) is 5.46. The molecule has 0 aromatic heterocycles. The Balaban J connectivity index is 0.00000118. The molecule has 0 aliphatic rings. The van der Waals surface area contributed by atoms with E-state index in [1.54, 1.807) is 0 Å². The summed E-state index contributed by atoms with van der Waals surface area (Å²) in [7, 11) is 4.22. The Bertz CT molecular complexity index is 459. The van der Waals surface area contributed by atoms with Gasteiger partial charge in [0.1, 0.15) is 0 Å². The number of nitrogens with zero attached hydrogens (tertiary/aromatic N) is 1. The van der Waals surface area contributed by atoms with Gasteiger partial charge < -0.3 is 10.2 Å². The van der Waals surface area contributed by atoms with Crippen molar-refractivity contribution in [3.8, 4) is 0 Å². The second-order valence-electron chi connectivity index (χ2n) is 6.30. The predicted molar refractivity (Wildman–Crippen MR) is 111 cm³/mol. The maximum Gasteiger partial charge on any atom is 0.0396 e. The Labute approximate surface area is 150 Å². The summed E-state index contributed by atoms with van der Waals surface area (Å²) in [6.07, 6.45) is 11.9. The second kappa shape index (κ2) is 15.0. The summed E-state index contributed by atoms with van der Waals surface area (Å²) in [6.45, 7) is 10.5. The van der Waals surface area contributed by atoms with E-state index in [1.165, 1.54) is 24.1 Å². The normalized spacial score (nSPS) is 12.2. The van der Waals surface area contributed by atoms with E-state index in [2.05, 4.69) is 67.5 Å². The van der Waals surface area contributed by atoms with Crippen LogP contribution in [0.25, 0.3) is 0 Å². The van der Waals surface area contributed by atoms with Gasteiger partial charge in [0.15, 0.2) is 0 Å². The highest BCUT2D eigenvalue weighted by Gasteiger charge is 2.09. The number of hydrogen-bond donors (Lipinski definition) is 1. The van der Waals surface area contributed by atoms with E-state index in [0.717, 1.165) is 19.5 Å². The molecule has 1 N–H and O–H groups in total. The largest absolute Gasteiger partial charge is 0.374 e. The van der Waals surface area contributed by atoms with Crippen LogP contribution < -0.4 is 10.2 Å². The number of anilines is 1. The number of rotatable bonds is 9. The molecule has 0 amide bonds. The molecule has 136 valence electrons. The van der Waals surface area contributed by atoms with Gasteiger partial charge in [-0.2, -0.15) is 0 Å². The number of hydrogen-bond acceptors (Lipinski definition) is 2. The van der Waals surface area contributed by atoms with Crippen LogP contribution in [0.2, 0.25) is 0 Å². The van der Waals surface area contributed by atoms with Crippen molar-refractivity contribution >= 4 is 5.69 Å². The average Bonchev–Trinajstić information content (AvgIpc) is 2.59. The molecule has 0 heterocycles. The van der Waals surface area contributed by atoms with Gasteiger partial charge in [0, 0.05) is 19.3 Å². The summed E-state index contributed by atoms with van der Waals surface area (Å²) >= 11 is 0. The molecule has 0 aliphatic carbocycles. The van der Waals surface area contributed by atoms with Gasteiger partial charge in [0.05, 0.1) is 0 Å². The molecular weight excluding hydrogens is 292 g/mol. The van der Waals surface area contributed by atoms with Crippen molar-refractivity contribution < 1.29 is 0 Å². The van der Waals surface area contributed by atoms with E-state index in [9.17, 15) is 0 Å². The van der Waals surface area contributed by atoms with Gasteiger partial charge >= 0.3 is 0 Å². The van der Waals surface area contributed by atoms with Crippen LogP contribution in [-0.2, 0) is 6.42 Å². The Hall–Kier alpha value is -1.54. The van der Waals surface area contributed by atoms with Crippen molar-refractivity contribution in [1.29, 1.82) is 0 Å². The Morgan fingerprint density at radius 3 is 2.33 bits per heavy atom. The molecule has 1 aromatic rings. The van der Waals surface area contributed by atoms with Crippen LogP contribution in [-0.4, -0.2) is 27.2 Å². The summed E-state index contributed by atoms with van der Waals surface area (Å²) in [6, 6.07) is 8.81. The fraction of sp³-hybridized carbons (Fsp3) is 0.545. The first kappa shape index (κ1) is 22.5. The van der Waals surface area contributed by atoms with E-state index in [4.69, 9.17) is 0 Å². The Morgan fingerprint density at radius 1 is 1.08 bits per heavy atom. The monoisotopic (exact) mass is 330 g/mol. The topological polar surface area (TPSA) is 15.3 Å². The smallest absolute Gasteiger partial charge is 0.0396 e. The zero-order valence-corrected chi connectivity index (χ0v) is 16.7. The zero-order chi connectivity index (χ0) is 18.2. The number of benzene rings is 1. The van der Waals surface area contributed by atoms with Gasteiger partial charge in [-0.3, -0.25) is 0 Å². The summed E-state index contributed by atoms with van der Waals surface area (Å²) in [5.41, 5.74) is 2.85. The van der Waals surface area contributed by atoms with Crippen LogP contribution in [0.15, 0.2) is 48.6 Å². The Kier molecular flexibility index (Phi) is 14.1. The minimum atomic E-state index is 0.654. The number of para-hydroxylation sites is 1. The van der Waals surface area contributed by atoms with E-state index in [0.29, 0.717) is 5.92 Å². The van der Waals surface area contributed by atoms with Crippen LogP contribution >= 0.6 is 0 Å². The van der Waals surface area contributed by atoms with Crippen LogP contribution in [0.1, 0.15) is 46.1 Å². The maximum atomic E-state index is 3.25. The average molecular weight is 331 g/mol. The molecule has 0 fully saturated rings. The van der Waals surface area contributed by atoms with E-state index in [1.807, 2.05) is 33.0 Å². The lowest BCUT2D eigenvalue weighted by molar-refractivity contribution is 0.542. The first-order valence-corrected chi connectivity index (χ1v) is 9.22. The van der Waals surface area contributed by atoms with Gasteiger partial charge in [0.25, 0.3) is 0 Å². The molecule has 0 bridgehead atoms. The van der Waals surface area contributed by atoms with E-state index < -0.39 is 0 Å². The van der Waals surface area contributed by atoms with Crippen molar-refractivity contribution in [2.75, 3.05) is 32.1 Å². The van der Waals surface area contributed by atoms with E-state index >= 15 is 0 Å². The summed E-state index contributed by atoms with van der Waals surface area (Å²) in [5, 5.41) is 3.25. The number of unbranched alkanes of at least 4 members (excludes halogenated alkanes) is 1. The lowest BCUT2D eigenvalue weighted by atomic mass is 10.0. The molecule has 2 nitrogen and oxygen atoms in total. The fourth-order valence-corrected chi connectivity index (χ4v) is 2.65. The minimum absolute atomic E-state index is 0.654. The highest BCUT2D eigenvalue weighted by molar-refractivity contribution is 5.53.